The van der Waals surface area contributed by atoms with Crippen molar-refractivity contribution in [2.45, 2.75) is 13.5 Å². The van der Waals surface area contributed by atoms with Crippen molar-refractivity contribution >= 4 is 17.6 Å². The molecule has 0 amide bonds. The molecule has 1 rings (SSSR count). The Labute approximate surface area is 113 Å². The first-order chi connectivity index (χ1) is 8.54. The van der Waals surface area contributed by atoms with Crippen LogP contribution in [0.1, 0.15) is 12.5 Å². The summed E-state index contributed by atoms with van der Waals surface area (Å²) in [4.78, 5) is 13.4. The molecule has 1 aromatic carbocycles. The summed E-state index contributed by atoms with van der Waals surface area (Å²) in [6.07, 6.45) is 0. The highest BCUT2D eigenvalue weighted by molar-refractivity contribution is 6.31. The van der Waals surface area contributed by atoms with Gasteiger partial charge >= 0.3 is 5.97 Å². The van der Waals surface area contributed by atoms with E-state index in [1.165, 1.54) is 0 Å². The summed E-state index contributed by atoms with van der Waals surface area (Å²) in [7, 11) is 1.91. The van der Waals surface area contributed by atoms with Gasteiger partial charge in [-0.2, -0.15) is 0 Å². The summed E-state index contributed by atoms with van der Waals surface area (Å²) < 4.78 is 4.89. The minimum Gasteiger partial charge on any atom is -0.463 e. The number of benzene rings is 1. The second-order valence-electron chi connectivity index (χ2n) is 4.09. The quantitative estimate of drug-likeness (QED) is 0.586. The van der Waals surface area contributed by atoms with Crippen LogP contribution in [-0.2, 0) is 16.1 Å². The summed E-state index contributed by atoms with van der Waals surface area (Å²) in [5.41, 5.74) is 1.48. The van der Waals surface area contributed by atoms with Crippen LogP contribution >= 0.6 is 11.6 Å². The largest absolute Gasteiger partial charge is 0.463 e. The third kappa shape index (κ3) is 4.51. The zero-order valence-corrected chi connectivity index (χ0v) is 11.5. The maximum absolute atomic E-state index is 11.4. The highest BCUT2D eigenvalue weighted by atomic mass is 35.5. The van der Waals surface area contributed by atoms with Crippen molar-refractivity contribution in [1.29, 1.82) is 0 Å². The molecule has 0 aliphatic carbocycles. The van der Waals surface area contributed by atoms with E-state index in [-0.39, 0.29) is 5.97 Å². The SMILES string of the molecule is C=C(CN(C)Cc1ccccc1Cl)C(=O)OCC. The predicted octanol–water partition coefficient (Wildman–Crippen LogP) is 2.89. The van der Waals surface area contributed by atoms with E-state index in [0.29, 0.717) is 25.3 Å². The smallest absolute Gasteiger partial charge is 0.334 e. The number of esters is 1. The number of carbonyl (C=O) groups is 1. The lowest BCUT2D eigenvalue weighted by molar-refractivity contribution is -0.138. The van der Waals surface area contributed by atoms with Gasteiger partial charge in [0.25, 0.3) is 0 Å². The van der Waals surface area contributed by atoms with Gasteiger partial charge in [-0.15, -0.1) is 0 Å². The maximum Gasteiger partial charge on any atom is 0.334 e. The molecular formula is C14H18ClNO2. The van der Waals surface area contributed by atoms with Crippen molar-refractivity contribution in [3.05, 3.63) is 47.0 Å². The normalized spacial score (nSPS) is 10.4. The minimum absolute atomic E-state index is 0.344. The number of hydrogen-bond acceptors (Lipinski definition) is 3. The van der Waals surface area contributed by atoms with E-state index in [4.69, 9.17) is 16.3 Å². The Balaban J connectivity index is 2.52. The van der Waals surface area contributed by atoms with Crippen LogP contribution in [0.2, 0.25) is 5.02 Å². The summed E-state index contributed by atoms with van der Waals surface area (Å²) in [5, 5.41) is 0.728. The Kier molecular flexibility index (Phi) is 5.89. The molecule has 0 saturated carbocycles. The summed E-state index contributed by atoms with van der Waals surface area (Å²) in [6.45, 7) is 7.00. The van der Waals surface area contributed by atoms with Crippen LogP contribution in [0.15, 0.2) is 36.4 Å². The fourth-order valence-corrected chi connectivity index (χ4v) is 1.79. The van der Waals surface area contributed by atoms with Crippen molar-refractivity contribution in [1.82, 2.24) is 4.90 Å². The van der Waals surface area contributed by atoms with Crippen molar-refractivity contribution in [2.24, 2.45) is 0 Å². The molecule has 3 nitrogen and oxygen atoms in total. The summed E-state index contributed by atoms with van der Waals surface area (Å²) in [6, 6.07) is 7.65. The van der Waals surface area contributed by atoms with E-state index >= 15 is 0 Å². The van der Waals surface area contributed by atoms with Crippen LogP contribution in [0.25, 0.3) is 0 Å². The first-order valence-corrected chi connectivity index (χ1v) is 6.19. The molecule has 98 valence electrons. The zero-order chi connectivity index (χ0) is 13.5. The molecule has 0 fully saturated rings. The van der Waals surface area contributed by atoms with Gasteiger partial charge in [0, 0.05) is 23.7 Å². The molecule has 0 radical (unpaired) electrons. The lowest BCUT2D eigenvalue weighted by atomic mass is 10.2. The van der Waals surface area contributed by atoms with E-state index in [9.17, 15) is 4.79 Å². The van der Waals surface area contributed by atoms with Crippen LogP contribution in [0.5, 0.6) is 0 Å². The lowest BCUT2D eigenvalue weighted by Crippen LogP contribution is -2.24. The Morgan fingerprint density at radius 1 is 1.44 bits per heavy atom. The molecule has 0 aromatic heterocycles. The van der Waals surface area contributed by atoms with Crippen LogP contribution in [-0.4, -0.2) is 31.1 Å². The molecule has 0 saturated heterocycles. The molecule has 0 bridgehead atoms. The molecular weight excluding hydrogens is 250 g/mol. The number of halogens is 1. The molecule has 18 heavy (non-hydrogen) atoms. The van der Waals surface area contributed by atoms with E-state index in [2.05, 4.69) is 6.58 Å². The molecule has 0 atom stereocenters. The highest BCUT2D eigenvalue weighted by Crippen LogP contribution is 2.16. The van der Waals surface area contributed by atoms with Crippen molar-refractivity contribution < 1.29 is 9.53 Å². The average Bonchev–Trinajstić information content (AvgIpc) is 2.32. The van der Waals surface area contributed by atoms with Gasteiger partial charge in [0.1, 0.15) is 0 Å². The number of carbonyl (C=O) groups excluding carboxylic acids is 1. The number of rotatable bonds is 6. The first-order valence-electron chi connectivity index (χ1n) is 5.81. The van der Waals surface area contributed by atoms with Crippen molar-refractivity contribution in [2.75, 3.05) is 20.2 Å². The first kappa shape index (κ1) is 14.7. The van der Waals surface area contributed by atoms with Gasteiger partial charge in [-0.05, 0) is 25.6 Å². The Morgan fingerprint density at radius 3 is 2.72 bits per heavy atom. The minimum atomic E-state index is -0.344. The van der Waals surface area contributed by atoms with Crippen LogP contribution in [0.4, 0.5) is 0 Å². The molecule has 0 aliphatic rings. The summed E-state index contributed by atoms with van der Waals surface area (Å²) in [5.74, 6) is -0.344. The monoisotopic (exact) mass is 267 g/mol. The molecule has 0 heterocycles. The fourth-order valence-electron chi connectivity index (χ4n) is 1.60. The fraction of sp³-hybridized carbons (Fsp3) is 0.357. The molecule has 0 N–H and O–H groups in total. The number of likely N-dealkylation sites (N-methyl/N-ethyl adjacent to an activating group) is 1. The standard InChI is InChI=1S/C14H18ClNO2/c1-4-18-14(17)11(2)9-16(3)10-12-7-5-6-8-13(12)15/h5-8H,2,4,9-10H2,1,3H3. The Bertz CT molecular complexity index is 432. The van der Waals surface area contributed by atoms with Gasteiger partial charge in [0.2, 0.25) is 0 Å². The average molecular weight is 268 g/mol. The van der Waals surface area contributed by atoms with E-state index in [1.807, 2.05) is 36.2 Å². The van der Waals surface area contributed by atoms with Gasteiger partial charge in [-0.1, -0.05) is 36.4 Å². The lowest BCUT2D eigenvalue weighted by Gasteiger charge is -2.18. The number of nitrogens with zero attached hydrogens (tertiary/aromatic N) is 1. The van der Waals surface area contributed by atoms with E-state index in [0.717, 1.165) is 10.6 Å². The van der Waals surface area contributed by atoms with Gasteiger partial charge in [0.15, 0.2) is 0 Å². The topological polar surface area (TPSA) is 29.5 Å². The molecule has 0 unspecified atom stereocenters. The third-order valence-corrected chi connectivity index (χ3v) is 2.79. The molecule has 0 aliphatic heterocycles. The third-order valence-electron chi connectivity index (χ3n) is 2.42. The van der Waals surface area contributed by atoms with E-state index in [1.54, 1.807) is 6.92 Å². The van der Waals surface area contributed by atoms with Gasteiger partial charge < -0.3 is 4.74 Å². The van der Waals surface area contributed by atoms with Crippen LogP contribution in [0, 0.1) is 0 Å². The zero-order valence-electron chi connectivity index (χ0n) is 10.8. The van der Waals surface area contributed by atoms with Gasteiger partial charge in [-0.3, -0.25) is 4.90 Å². The second kappa shape index (κ2) is 7.19. The van der Waals surface area contributed by atoms with Gasteiger partial charge in [0.05, 0.1) is 6.61 Å². The van der Waals surface area contributed by atoms with Crippen LogP contribution < -0.4 is 0 Å². The van der Waals surface area contributed by atoms with Gasteiger partial charge in [-0.25, -0.2) is 4.79 Å². The van der Waals surface area contributed by atoms with E-state index < -0.39 is 0 Å². The van der Waals surface area contributed by atoms with Crippen LogP contribution in [0.3, 0.4) is 0 Å². The second-order valence-corrected chi connectivity index (χ2v) is 4.49. The number of ether oxygens (including phenoxy) is 1. The highest BCUT2D eigenvalue weighted by Gasteiger charge is 2.11. The Hall–Kier alpha value is -1.32. The van der Waals surface area contributed by atoms with Crippen molar-refractivity contribution in [3.63, 3.8) is 0 Å². The molecule has 4 heteroatoms. The maximum atomic E-state index is 11.4. The number of hydrogen-bond donors (Lipinski definition) is 0. The predicted molar refractivity (Wildman–Crippen MR) is 73.6 cm³/mol. The van der Waals surface area contributed by atoms with Crippen molar-refractivity contribution in [3.8, 4) is 0 Å². The Morgan fingerprint density at radius 2 is 2.11 bits per heavy atom. The molecule has 0 spiro atoms. The molecule has 1 aromatic rings. The summed E-state index contributed by atoms with van der Waals surface area (Å²) >= 11 is 6.08.